The van der Waals surface area contributed by atoms with E-state index in [-0.39, 0.29) is 39.9 Å². The summed E-state index contributed by atoms with van der Waals surface area (Å²) in [5.41, 5.74) is 2.43. The Hall–Kier alpha value is -2.79. The minimum Gasteiger partial charge on any atom is -0.598 e. The smallest absolute Gasteiger partial charge is 0.250 e. The van der Waals surface area contributed by atoms with E-state index in [9.17, 15) is 27.0 Å². The predicted octanol–water partition coefficient (Wildman–Crippen LogP) is 4.86. The summed E-state index contributed by atoms with van der Waals surface area (Å²) in [5.74, 6) is -0.926. The van der Waals surface area contributed by atoms with Gasteiger partial charge in [0.05, 0.1) is 11.8 Å². The van der Waals surface area contributed by atoms with Gasteiger partial charge in [0.25, 0.3) is 5.56 Å². The van der Waals surface area contributed by atoms with Crippen molar-refractivity contribution in [1.82, 2.24) is 9.29 Å². The van der Waals surface area contributed by atoms with Gasteiger partial charge in [0.15, 0.2) is 15.6 Å². The van der Waals surface area contributed by atoms with E-state index in [4.69, 9.17) is 0 Å². The summed E-state index contributed by atoms with van der Waals surface area (Å²) in [5, 5.41) is 0. The third-order valence-corrected chi connectivity index (χ3v) is 10.3. The van der Waals surface area contributed by atoms with Gasteiger partial charge in [0.1, 0.15) is 10.6 Å². The van der Waals surface area contributed by atoms with Crippen molar-refractivity contribution in [2.75, 3.05) is 5.75 Å². The molecule has 214 valence electrons. The van der Waals surface area contributed by atoms with E-state index in [2.05, 4.69) is 4.72 Å². The standard InChI is InChI=1S/C30H35FN2O5S2/c1-6-40(37,38)18-19-7-14-23(29(35)21-10-12-22(31)13-11-21)24(15-19)26-17-33(5)27(34)16-25(26)28(20-8-9-20)32-39(36)30(2,3)4/h7,10-17,20,28,32H,6,8-9,18H2,1-5H3/t28-,39?/m0/s1. The number of pyridine rings is 1. The van der Waals surface area contributed by atoms with Crippen LogP contribution in [0.5, 0.6) is 0 Å². The second-order valence-electron chi connectivity index (χ2n) is 11.3. The van der Waals surface area contributed by atoms with E-state index >= 15 is 0 Å². The van der Waals surface area contributed by atoms with Gasteiger partial charge in [0.2, 0.25) is 0 Å². The third kappa shape index (κ3) is 6.91. The highest BCUT2D eigenvalue weighted by atomic mass is 32.2. The van der Waals surface area contributed by atoms with E-state index in [1.807, 2.05) is 20.8 Å². The number of carbonyl (C=O) groups excluding carboxylic acids is 1. The van der Waals surface area contributed by atoms with E-state index in [1.165, 1.54) is 34.9 Å². The molecule has 4 rings (SSSR count). The number of rotatable bonds is 10. The van der Waals surface area contributed by atoms with Crippen LogP contribution < -0.4 is 10.3 Å². The Morgan fingerprint density at radius 2 is 1.77 bits per heavy atom. The molecule has 3 aromatic rings. The highest BCUT2D eigenvalue weighted by Crippen LogP contribution is 2.45. The average Bonchev–Trinajstić information content (AvgIpc) is 3.73. The lowest BCUT2D eigenvalue weighted by molar-refractivity contribution is 0.103. The number of nitrogens with zero attached hydrogens (tertiary/aromatic N) is 1. The molecule has 1 aliphatic carbocycles. The van der Waals surface area contributed by atoms with Gasteiger partial charge >= 0.3 is 0 Å². The Kier molecular flexibility index (Phi) is 8.75. The minimum atomic E-state index is -3.37. The number of nitrogens with one attached hydrogen (secondary N) is 1. The summed E-state index contributed by atoms with van der Waals surface area (Å²) in [4.78, 5) is 26.6. The molecule has 0 spiro atoms. The maximum atomic E-state index is 13.7. The number of hydrogen-bond donors (Lipinski definition) is 1. The molecule has 1 aliphatic rings. The topological polar surface area (TPSA) is 108 Å². The van der Waals surface area contributed by atoms with Gasteiger partial charge in [-0.15, -0.1) is 4.72 Å². The largest absolute Gasteiger partial charge is 0.598 e. The van der Waals surface area contributed by atoms with Crippen LogP contribution >= 0.6 is 0 Å². The SMILES string of the molecule is CCS(=O)(=O)Cc1ccc(C(=O)c2ccc(F)cc2)c(-c2cn(C)c(=O)cc2[C@@H](N[S+]([O-])C(C)(C)C)C2CC2)c1. The molecule has 0 aliphatic heterocycles. The molecule has 2 atom stereocenters. The molecule has 1 N–H and O–H groups in total. The summed E-state index contributed by atoms with van der Waals surface area (Å²) in [6.07, 6.45) is 3.43. The van der Waals surface area contributed by atoms with Gasteiger partial charge < -0.3 is 9.12 Å². The molecule has 40 heavy (non-hydrogen) atoms. The molecule has 2 aromatic carbocycles. The van der Waals surface area contributed by atoms with Crippen molar-refractivity contribution in [3.05, 3.63) is 93.2 Å². The zero-order chi connectivity index (χ0) is 29.4. The van der Waals surface area contributed by atoms with Crippen LogP contribution in [0.15, 0.2) is 59.5 Å². The fourth-order valence-corrected chi connectivity index (χ4v) is 6.27. The van der Waals surface area contributed by atoms with Crippen molar-refractivity contribution in [3.63, 3.8) is 0 Å². The van der Waals surface area contributed by atoms with Gasteiger partial charge in [-0.2, -0.15) is 0 Å². The molecule has 1 unspecified atom stereocenters. The van der Waals surface area contributed by atoms with Crippen molar-refractivity contribution < 1.29 is 22.2 Å². The van der Waals surface area contributed by atoms with Crippen LogP contribution in [-0.2, 0) is 34.0 Å². The van der Waals surface area contributed by atoms with Gasteiger partial charge in [-0.1, -0.05) is 19.1 Å². The zero-order valence-corrected chi connectivity index (χ0v) is 25.0. The van der Waals surface area contributed by atoms with E-state index < -0.39 is 37.8 Å². The number of benzene rings is 2. The van der Waals surface area contributed by atoms with Crippen LogP contribution in [-0.4, -0.2) is 33.8 Å². The van der Waals surface area contributed by atoms with Crippen molar-refractivity contribution in [3.8, 4) is 11.1 Å². The number of aromatic nitrogens is 1. The van der Waals surface area contributed by atoms with Crippen molar-refractivity contribution in [1.29, 1.82) is 0 Å². The zero-order valence-electron chi connectivity index (χ0n) is 23.4. The molecule has 0 amide bonds. The van der Waals surface area contributed by atoms with Gasteiger partial charge in [0, 0.05) is 53.1 Å². The number of carbonyl (C=O) groups is 1. The summed E-state index contributed by atoms with van der Waals surface area (Å²) < 4.78 is 55.8. The number of hydrogen-bond acceptors (Lipinski definition) is 6. The number of sulfone groups is 1. The maximum Gasteiger partial charge on any atom is 0.250 e. The van der Waals surface area contributed by atoms with E-state index in [0.717, 1.165) is 12.8 Å². The lowest BCUT2D eigenvalue weighted by Crippen LogP contribution is -2.42. The first-order chi connectivity index (χ1) is 18.7. The molecular formula is C30H35FN2O5S2. The van der Waals surface area contributed by atoms with Crippen LogP contribution in [0.2, 0.25) is 0 Å². The van der Waals surface area contributed by atoms with Crippen LogP contribution in [0.25, 0.3) is 11.1 Å². The lowest BCUT2D eigenvalue weighted by Gasteiger charge is -2.29. The highest BCUT2D eigenvalue weighted by molar-refractivity contribution is 7.91. The molecule has 10 heteroatoms. The van der Waals surface area contributed by atoms with Gasteiger partial charge in [-0.25, -0.2) is 12.8 Å². The molecule has 1 fully saturated rings. The highest BCUT2D eigenvalue weighted by Gasteiger charge is 2.40. The van der Waals surface area contributed by atoms with Crippen molar-refractivity contribution in [2.45, 2.75) is 57.1 Å². The predicted molar refractivity (Wildman–Crippen MR) is 157 cm³/mol. The normalized spacial score (nSPS) is 15.6. The molecule has 7 nitrogen and oxygen atoms in total. The van der Waals surface area contributed by atoms with Crippen LogP contribution in [0.3, 0.4) is 0 Å². The first-order valence-corrected chi connectivity index (χ1v) is 16.2. The third-order valence-electron chi connectivity index (χ3n) is 7.03. The number of ketones is 1. The Morgan fingerprint density at radius 3 is 2.35 bits per heavy atom. The Balaban J connectivity index is 1.94. The first-order valence-electron chi connectivity index (χ1n) is 13.2. The second kappa shape index (κ2) is 11.6. The van der Waals surface area contributed by atoms with E-state index in [1.54, 1.807) is 38.4 Å². The van der Waals surface area contributed by atoms with E-state index in [0.29, 0.717) is 22.3 Å². The summed E-state index contributed by atoms with van der Waals surface area (Å²) in [7, 11) is -1.77. The monoisotopic (exact) mass is 586 g/mol. The first kappa shape index (κ1) is 30.2. The Bertz CT molecular complexity index is 1570. The lowest BCUT2D eigenvalue weighted by atomic mass is 9.88. The molecule has 1 saturated carbocycles. The number of aryl methyl sites for hydroxylation is 1. The maximum absolute atomic E-state index is 13.7. The summed E-state index contributed by atoms with van der Waals surface area (Å²) in [6.45, 7) is 7.17. The Morgan fingerprint density at radius 1 is 1.12 bits per heavy atom. The fraction of sp³-hybridized carbons (Fsp3) is 0.400. The van der Waals surface area contributed by atoms with Crippen molar-refractivity contribution >= 4 is 27.0 Å². The summed E-state index contributed by atoms with van der Waals surface area (Å²) >= 11 is -1.43. The molecule has 0 radical (unpaired) electrons. The molecule has 0 saturated heterocycles. The minimum absolute atomic E-state index is 0.0318. The second-order valence-corrected chi connectivity index (χ2v) is 15.6. The Labute approximate surface area is 238 Å². The number of halogens is 1. The summed E-state index contributed by atoms with van der Waals surface area (Å²) in [6, 6.07) is 11.2. The van der Waals surface area contributed by atoms with Crippen molar-refractivity contribution in [2.24, 2.45) is 13.0 Å². The average molecular weight is 587 g/mol. The molecule has 1 heterocycles. The van der Waals surface area contributed by atoms with Crippen LogP contribution in [0.4, 0.5) is 4.39 Å². The fourth-order valence-electron chi connectivity index (χ4n) is 4.48. The van der Waals surface area contributed by atoms with Crippen LogP contribution in [0.1, 0.15) is 73.6 Å². The quantitative estimate of drug-likeness (QED) is 0.269. The van der Waals surface area contributed by atoms with Crippen LogP contribution in [0, 0.1) is 11.7 Å². The van der Waals surface area contributed by atoms with Gasteiger partial charge in [-0.05, 0) is 86.6 Å². The molecule has 0 bridgehead atoms. The van der Waals surface area contributed by atoms with Gasteiger partial charge in [-0.3, -0.25) is 9.59 Å². The molecular weight excluding hydrogens is 551 g/mol. The molecule has 1 aromatic heterocycles.